The first kappa shape index (κ1) is 30.0. The first-order valence-corrected chi connectivity index (χ1v) is 15.8. The molecule has 5 rings (SSSR count). The fourth-order valence-electron chi connectivity index (χ4n) is 7.38. The number of para-hydroxylation sites is 2. The molecule has 3 heterocycles. The van der Waals surface area contributed by atoms with E-state index in [2.05, 4.69) is 20.5 Å². The minimum absolute atomic E-state index is 0.0849. The second kappa shape index (κ2) is 13.2. The Balaban J connectivity index is 1.29. The summed E-state index contributed by atoms with van der Waals surface area (Å²) in [5.41, 5.74) is 0.989. The number of benzene rings is 1. The third-order valence-corrected chi connectivity index (χ3v) is 9.10. The zero-order valence-electron chi connectivity index (χ0n) is 25.1. The van der Waals surface area contributed by atoms with Crippen molar-refractivity contribution in [2.45, 2.75) is 127 Å². The molecule has 226 valence electrons. The van der Waals surface area contributed by atoms with Gasteiger partial charge in [-0.25, -0.2) is 4.98 Å². The predicted molar refractivity (Wildman–Crippen MR) is 162 cm³/mol. The van der Waals surface area contributed by atoms with Crippen molar-refractivity contribution in [1.82, 2.24) is 19.8 Å². The van der Waals surface area contributed by atoms with Gasteiger partial charge in [-0.05, 0) is 71.4 Å². The maximum atomic E-state index is 13.9. The summed E-state index contributed by atoms with van der Waals surface area (Å²) in [5.74, 6) is -0.162. The highest BCUT2D eigenvalue weighted by Crippen LogP contribution is 2.44. The molecule has 0 radical (unpaired) electrons. The molecule has 1 aromatic carbocycles. The van der Waals surface area contributed by atoms with Gasteiger partial charge in [-0.1, -0.05) is 44.2 Å². The third-order valence-electron chi connectivity index (χ3n) is 9.10. The van der Waals surface area contributed by atoms with Crippen molar-refractivity contribution in [2.24, 2.45) is 0 Å². The molecule has 1 saturated carbocycles. The van der Waals surface area contributed by atoms with E-state index in [0.29, 0.717) is 37.0 Å². The van der Waals surface area contributed by atoms with Gasteiger partial charge in [-0.2, -0.15) is 0 Å². The van der Waals surface area contributed by atoms with Gasteiger partial charge >= 0.3 is 5.97 Å². The summed E-state index contributed by atoms with van der Waals surface area (Å²) < 4.78 is 7.40. The summed E-state index contributed by atoms with van der Waals surface area (Å²) >= 11 is 0. The van der Waals surface area contributed by atoms with Gasteiger partial charge in [0, 0.05) is 37.3 Å². The predicted octanol–water partition coefficient (Wildman–Crippen LogP) is 4.38. The largest absolute Gasteiger partial charge is 0.459 e. The van der Waals surface area contributed by atoms with Crippen molar-refractivity contribution in [3.63, 3.8) is 0 Å². The maximum Gasteiger partial charge on any atom is 0.326 e. The molecule has 0 amide bonds. The normalized spacial score (nSPS) is 25.0. The van der Waals surface area contributed by atoms with Crippen LogP contribution in [0.1, 0.15) is 97.4 Å². The molecule has 2 bridgehead atoms. The molecule has 2 aliphatic heterocycles. The highest BCUT2D eigenvalue weighted by Gasteiger charge is 2.44. The van der Waals surface area contributed by atoms with E-state index < -0.39 is 17.6 Å². The second-order valence-corrected chi connectivity index (χ2v) is 13.2. The second-order valence-electron chi connectivity index (χ2n) is 13.2. The highest BCUT2D eigenvalue weighted by molar-refractivity contribution is 5.77. The van der Waals surface area contributed by atoms with E-state index in [4.69, 9.17) is 4.74 Å². The lowest BCUT2D eigenvalue weighted by atomic mass is 9.89. The lowest BCUT2D eigenvalue weighted by molar-refractivity contribution is -0.158. The fraction of sp³-hybridized carbons (Fsp3) is 0.719. The van der Waals surface area contributed by atoms with Crippen molar-refractivity contribution in [2.75, 3.05) is 25.0 Å². The van der Waals surface area contributed by atoms with Gasteiger partial charge in [-0.15, -0.1) is 0 Å². The average Bonchev–Trinajstić information content (AvgIpc) is 3.16. The number of aliphatic hydroxyl groups excluding tert-OH is 1. The number of nitrogens with zero attached hydrogens (tertiary/aromatic N) is 3. The quantitative estimate of drug-likeness (QED) is 0.303. The number of rotatable bonds is 9. The Morgan fingerprint density at radius 3 is 2.29 bits per heavy atom. The molecule has 2 saturated heterocycles. The molecule has 1 unspecified atom stereocenters. The van der Waals surface area contributed by atoms with Crippen molar-refractivity contribution in [1.29, 1.82) is 0 Å². The van der Waals surface area contributed by atoms with Gasteiger partial charge in [-0.3, -0.25) is 14.5 Å². The molecule has 9 heteroatoms. The molecular weight excluding hydrogens is 518 g/mol. The number of carbonyl (C=O) groups is 1. The molecule has 3 N–H and O–H groups in total. The number of hydrogen-bond acceptors (Lipinski definition) is 8. The van der Waals surface area contributed by atoms with Crippen LogP contribution in [0.15, 0.2) is 29.1 Å². The Kier molecular flexibility index (Phi) is 9.66. The van der Waals surface area contributed by atoms with Crippen LogP contribution in [0.3, 0.4) is 0 Å². The average molecular weight is 568 g/mol. The van der Waals surface area contributed by atoms with Crippen LogP contribution >= 0.6 is 0 Å². The molecule has 2 aromatic rings. The van der Waals surface area contributed by atoms with E-state index in [1.54, 1.807) is 20.8 Å². The lowest BCUT2D eigenvalue weighted by Gasteiger charge is -2.45. The molecule has 4 atom stereocenters. The molecular formula is C32H49N5O4. The van der Waals surface area contributed by atoms with Gasteiger partial charge in [0.2, 0.25) is 0 Å². The van der Waals surface area contributed by atoms with Gasteiger partial charge < -0.3 is 25.0 Å². The van der Waals surface area contributed by atoms with Crippen LogP contribution in [0.4, 0.5) is 5.82 Å². The zero-order valence-corrected chi connectivity index (χ0v) is 25.1. The summed E-state index contributed by atoms with van der Waals surface area (Å²) in [6, 6.07) is 9.06. The Bertz CT molecular complexity index is 1220. The van der Waals surface area contributed by atoms with Crippen LogP contribution < -0.4 is 16.2 Å². The zero-order chi connectivity index (χ0) is 29.0. The molecule has 3 aliphatic rings. The van der Waals surface area contributed by atoms with E-state index >= 15 is 0 Å². The Morgan fingerprint density at radius 2 is 1.63 bits per heavy atom. The van der Waals surface area contributed by atoms with Crippen molar-refractivity contribution >= 4 is 22.8 Å². The van der Waals surface area contributed by atoms with Crippen LogP contribution in [0, 0.1) is 0 Å². The number of ether oxygens (including phenoxy) is 1. The van der Waals surface area contributed by atoms with E-state index in [1.807, 2.05) is 28.8 Å². The number of piperidine rings is 1. The summed E-state index contributed by atoms with van der Waals surface area (Å²) in [5, 5.41) is 15.9. The standard InChI is InChI=1S/C32H49N5O4/c1-32(2,3)41-31(40)27(21-38)33-17-18-34-29-30(39)37(28-14-10-9-13-26(28)35-29)25-19-23-15-16-24(20-25)36(23)22-11-7-5-4-6-8-12-22/h9-10,13-14,22-25,27,33,38H,4-8,11-12,15-21H2,1-3H3,(H,34,35)/t23-,24+,25?,27-/m0/s1. The first-order chi connectivity index (χ1) is 19.7. The highest BCUT2D eigenvalue weighted by atomic mass is 16.6. The minimum atomic E-state index is -0.823. The summed E-state index contributed by atoms with van der Waals surface area (Å²) in [6.45, 7) is 5.77. The minimum Gasteiger partial charge on any atom is -0.459 e. The number of carbonyl (C=O) groups excluding carboxylic acids is 1. The number of anilines is 1. The summed E-state index contributed by atoms with van der Waals surface area (Å²) in [7, 11) is 0. The molecule has 41 heavy (non-hydrogen) atoms. The summed E-state index contributed by atoms with van der Waals surface area (Å²) in [4.78, 5) is 33.8. The van der Waals surface area contributed by atoms with Crippen LogP contribution in [0.25, 0.3) is 11.0 Å². The summed E-state index contributed by atoms with van der Waals surface area (Å²) in [6.07, 6.45) is 13.9. The van der Waals surface area contributed by atoms with Crippen LogP contribution in [0.5, 0.6) is 0 Å². The number of aliphatic hydroxyl groups is 1. The maximum absolute atomic E-state index is 13.9. The Morgan fingerprint density at radius 1 is 0.976 bits per heavy atom. The van der Waals surface area contributed by atoms with E-state index in [0.717, 1.165) is 23.9 Å². The van der Waals surface area contributed by atoms with Crippen molar-refractivity contribution in [3.05, 3.63) is 34.6 Å². The number of nitrogens with one attached hydrogen (secondary N) is 2. The van der Waals surface area contributed by atoms with Crippen molar-refractivity contribution < 1.29 is 14.6 Å². The van der Waals surface area contributed by atoms with Crippen molar-refractivity contribution in [3.8, 4) is 0 Å². The first-order valence-electron chi connectivity index (χ1n) is 15.8. The van der Waals surface area contributed by atoms with Crippen LogP contribution in [0.2, 0.25) is 0 Å². The van der Waals surface area contributed by atoms with E-state index in [9.17, 15) is 14.7 Å². The number of fused-ring (bicyclic) bond motifs is 3. The van der Waals surface area contributed by atoms with Gasteiger partial charge in [0.1, 0.15) is 11.6 Å². The Labute approximate surface area is 244 Å². The van der Waals surface area contributed by atoms with E-state index in [-0.39, 0.29) is 18.2 Å². The fourth-order valence-corrected chi connectivity index (χ4v) is 7.38. The van der Waals surface area contributed by atoms with E-state index in [1.165, 1.54) is 57.8 Å². The molecule has 1 aromatic heterocycles. The van der Waals surface area contributed by atoms with Crippen LogP contribution in [-0.2, 0) is 9.53 Å². The SMILES string of the molecule is CC(C)(C)OC(=O)[C@H](CO)NCCNc1nc2ccccc2n(C2C[C@H]3CC[C@@H](C2)N3C2CCCCCCC2)c1=O. The van der Waals surface area contributed by atoms with Gasteiger partial charge in [0.25, 0.3) is 5.56 Å². The monoisotopic (exact) mass is 567 g/mol. The molecule has 3 fully saturated rings. The lowest BCUT2D eigenvalue weighted by Crippen LogP contribution is -2.50. The smallest absolute Gasteiger partial charge is 0.326 e. The molecule has 0 spiro atoms. The third kappa shape index (κ3) is 7.12. The number of esters is 1. The van der Waals surface area contributed by atoms with Crippen LogP contribution in [-0.4, -0.2) is 75.0 Å². The number of hydrogen-bond donors (Lipinski definition) is 3. The van der Waals surface area contributed by atoms with Gasteiger partial charge in [0.05, 0.1) is 17.6 Å². The topological polar surface area (TPSA) is 109 Å². The molecule has 1 aliphatic carbocycles. The Hall–Kier alpha value is -2.49. The van der Waals surface area contributed by atoms with Gasteiger partial charge in [0.15, 0.2) is 5.82 Å². The molecule has 9 nitrogen and oxygen atoms in total. The number of aromatic nitrogens is 2.